The van der Waals surface area contributed by atoms with Crippen LogP contribution in [0, 0.1) is 0 Å². The largest absolute Gasteiger partial charge is 0.350 e. The van der Waals surface area contributed by atoms with Crippen molar-refractivity contribution in [1.82, 2.24) is 9.96 Å². The quantitative estimate of drug-likeness (QED) is 0.629. The summed E-state index contributed by atoms with van der Waals surface area (Å²) in [6.07, 6.45) is 0.270. The zero-order valence-corrected chi connectivity index (χ0v) is 12.1. The average Bonchev–Trinajstić information content (AvgIpc) is 2.37. The van der Waals surface area contributed by atoms with Gasteiger partial charge in [0, 0.05) is 18.1 Å². The van der Waals surface area contributed by atoms with E-state index >= 15 is 0 Å². The molecule has 0 heterocycles. The number of nitrogens with zero attached hydrogens (tertiary/aromatic N) is 2. The van der Waals surface area contributed by atoms with Gasteiger partial charge in [-0.2, -0.15) is 0 Å². The van der Waals surface area contributed by atoms with Crippen LogP contribution in [0.15, 0.2) is 28.7 Å². The van der Waals surface area contributed by atoms with E-state index in [0.717, 1.165) is 10.0 Å². The molecule has 104 valence electrons. The molecule has 0 fully saturated rings. The van der Waals surface area contributed by atoms with E-state index in [1.807, 2.05) is 24.3 Å². The van der Waals surface area contributed by atoms with Crippen molar-refractivity contribution in [2.24, 2.45) is 5.73 Å². The Labute approximate surface area is 119 Å². The van der Waals surface area contributed by atoms with Crippen LogP contribution in [-0.2, 0) is 11.2 Å². The monoisotopic (exact) mass is 329 g/mol. The van der Waals surface area contributed by atoms with Gasteiger partial charge in [0.25, 0.3) is 0 Å². The predicted octanol–water partition coefficient (Wildman–Crippen LogP) is 1.22. The fourth-order valence-electron chi connectivity index (χ4n) is 1.39. The molecule has 1 aromatic rings. The highest BCUT2D eigenvalue weighted by Crippen LogP contribution is 2.11. The third-order valence-corrected chi connectivity index (χ3v) is 3.12. The first-order chi connectivity index (χ1) is 8.90. The van der Waals surface area contributed by atoms with Crippen LogP contribution in [0.5, 0.6) is 0 Å². The van der Waals surface area contributed by atoms with Crippen molar-refractivity contribution in [3.05, 3.63) is 34.3 Å². The fourth-order valence-corrected chi connectivity index (χ4v) is 1.66. The van der Waals surface area contributed by atoms with Crippen LogP contribution in [0.4, 0.5) is 4.79 Å². The summed E-state index contributed by atoms with van der Waals surface area (Å²) in [7, 11) is 1.61. The fraction of sp³-hybridized carbons (Fsp3) is 0.333. The van der Waals surface area contributed by atoms with Gasteiger partial charge in [-0.15, -0.1) is 0 Å². The van der Waals surface area contributed by atoms with Crippen LogP contribution in [0.3, 0.4) is 0 Å². The van der Waals surface area contributed by atoms with Crippen molar-refractivity contribution in [2.45, 2.75) is 6.42 Å². The first-order valence-corrected chi connectivity index (χ1v) is 6.43. The average molecular weight is 330 g/mol. The molecule has 7 heteroatoms. The molecule has 6 nitrogen and oxygen atoms in total. The Balaban J connectivity index is 2.44. The number of nitrogens with two attached hydrogens (primary N) is 1. The molecule has 0 saturated heterocycles. The first-order valence-electron chi connectivity index (χ1n) is 5.64. The zero-order chi connectivity index (χ0) is 14.4. The molecule has 0 unspecified atom stereocenters. The second-order valence-corrected chi connectivity index (χ2v) is 5.00. The molecule has 0 radical (unpaired) electrons. The summed E-state index contributed by atoms with van der Waals surface area (Å²) in [5.74, 6) is -0.0970. The standard InChI is InChI=1S/C12H16BrN3O3/c1-15(6-7-16(19)12(14)18)11(17)8-9-2-4-10(13)5-3-9/h2-5,19H,6-8H2,1H3,(H2,14,18). The summed E-state index contributed by atoms with van der Waals surface area (Å²) >= 11 is 3.32. The van der Waals surface area contributed by atoms with Gasteiger partial charge >= 0.3 is 6.03 Å². The zero-order valence-electron chi connectivity index (χ0n) is 10.5. The molecule has 0 atom stereocenters. The number of hydroxylamine groups is 2. The van der Waals surface area contributed by atoms with E-state index in [9.17, 15) is 9.59 Å². The van der Waals surface area contributed by atoms with E-state index in [0.29, 0.717) is 5.06 Å². The van der Waals surface area contributed by atoms with Crippen LogP contribution in [-0.4, -0.2) is 47.2 Å². The minimum absolute atomic E-state index is 0.0160. The molecular formula is C12H16BrN3O3. The Morgan fingerprint density at radius 3 is 2.37 bits per heavy atom. The van der Waals surface area contributed by atoms with Crippen LogP contribution in [0.2, 0.25) is 0 Å². The number of carbonyl (C=O) groups excluding carboxylic acids is 2. The molecule has 0 aliphatic heterocycles. The van der Waals surface area contributed by atoms with Crippen molar-refractivity contribution in [3.63, 3.8) is 0 Å². The molecule has 3 N–H and O–H groups in total. The number of halogens is 1. The lowest BCUT2D eigenvalue weighted by Gasteiger charge is -2.20. The summed E-state index contributed by atoms with van der Waals surface area (Å²) in [5, 5.41) is 9.47. The number of carbonyl (C=O) groups is 2. The number of urea groups is 1. The van der Waals surface area contributed by atoms with E-state index in [-0.39, 0.29) is 25.4 Å². The molecule has 3 amide bonds. The van der Waals surface area contributed by atoms with Crippen LogP contribution < -0.4 is 5.73 Å². The van der Waals surface area contributed by atoms with Gasteiger partial charge < -0.3 is 10.6 Å². The van der Waals surface area contributed by atoms with Crippen molar-refractivity contribution in [3.8, 4) is 0 Å². The minimum atomic E-state index is -0.936. The van der Waals surface area contributed by atoms with Crippen molar-refractivity contribution < 1.29 is 14.8 Å². The number of hydrogen-bond donors (Lipinski definition) is 2. The Morgan fingerprint density at radius 1 is 1.26 bits per heavy atom. The predicted molar refractivity (Wildman–Crippen MR) is 73.6 cm³/mol. The second kappa shape index (κ2) is 7.10. The smallest absolute Gasteiger partial charge is 0.338 e. The summed E-state index contributed by atoms with van der Waals surface area (Å²) in [6, 6.07) is 6.51. The molecule has 0 aliphatic carbocycles. The number of rotatable bonds is 5. The summed E-state index contributed by atoms with van der Waals surface area (Å²) < 4.78 is 0.953. The molecule has 1 rings (SSSR count). The third kappa shape index (κ3) is 5.27. The summed E-state index contributed by atoms with van der Waals surface area (Å²) in [5.41, 5.74) is 5.76. The number of amides is 3. The molecule has 0 aliphatic rings. The summed E-state index contributed by atoms with van der Waals surface area (Å²) in [6.45, 7) is 0.201. The highest BCUT2D eigenvalue weighted by atomic mass is 79.9. The first kappa shape index (κ1) is 15.5. The van der Waals surface area contributed by atoms with Gasteiger partial charge in [-0.3, -0.25) is 10.0 Å². The SMILES string of the molecule is CN(CCN(O)C(N)=O)C(=O)Cc1ccc(Br)cc1. The van der Waals surface area contributed by atoms with Gasteiger partial charge in [-0.25, -0.2) is 9.86 Å². The van der Waals surface area contributed by atoms with E-state index < -0.39 is 6.03 Å². The number of primary amides is 1. The Bertz CT molecular complexity index is 450. The maximum Gasteiger partial charge on any atom is 0.338 e. The van der Waals surface area contributed by atoms with Gasteiger partial charge in [-0.1, -0.05) is 28.1 Å². The Morgan fingerprint density at radius 2 is 1.84 bits per heavy atom. The van der Waals surface area contributed by atoms with E-state index in [2.05, 4.69) is 15.9 Å². The lowest BCUT2D eigenvalue weighted by Crippen LogP contribution is -2.40. The number of likely N-dealkylation sites (N-methyl/N-ethyl adjacent to an activating group) is 1. The summed E-state index contributed by atoms with van der Waals surface area (Å²) in [4.78, 5) is 23.9. The van der Waals surface area contributed by atoms with Gasteiger partial charge in [0.2, 0.25) is 5.91 Å². The highest BCUT2D eigenvalue weighted by molar-refractivity contribution is 9.10. The number of hydrogen-bond acceptors (Lipinski definition) is 3. The minimum Gasteiger partial charge on any atom is -0.350 e. The molecule has 19 heavy (non-hydrogen) atoms. The topological polar surface area (TPSA) is 86.9 Å². The maximum atomic E-state index is 11.9. The van der Waals surface area contributed by atoms with E-state index in [1.54, 1.807) is 7.05 Å². The van der Waals surface area contributed by atoms with Gasteiger partial charge in [0.1, 0.15) is 0 Å². The van der Waals surface area contributed by atoms with Gasteiger partial charge in [0.15, 0.2) is 0 Å². The molecule has 0 aromatic heterocycles. The van der Waals surface area contributed by atoms with Gasteiger partial charge in [-0.05, 0) is 17.7 Å². The maximum absolute atomic E-state index is 11.9. The van der Waals surface area contributed by atoms with E-state index in [4.69, 9.17) is 10.9 Å². The Kier molecular flexibility index (Phi) is 5.78. The molecule has 1 aromatic carbocycles. The molecular weight excluding hydrogens is 314 g/mol. The Hall–Kier alpha value is -1.60. The van der Waals surface area contributed by atoms with Crippen molar-refractivity contribution in [2.75, 3.05) is 20.1 Å². The second-order valence-electron chi connectivity index (χ2n) is 4.08. The van der Waals surface area contributed by atoms with Gasteiger partial charge in [0.05, 0.1) is 13.0 Å². The third-order valence-electron chi connectivity index (χ3n) is 2.60. The lowest BCUT2D eigenvalue weighted by molar-refractivity contribution is -0.130. The van der Waals surface area contributed by atoms with E-state index in [1.165, 1.54) is 4.90 Å². The molecule has 0 saturated carbocycles. The van der Waals surface area contributed by atoms with Crippen LogP contribution in [0.25, 0.3) is 0 Å². The van der Waals surface area contributed by atoms with Crippen molar-refractivity contribution >= 4 is 27.9 Å². The van der Waals surface area contributed by atoms with Crippen molar-refractivity contribution in [1.29, 1.82) is 0 Å². The highest BCUT2D eigenvalue weighted by Gasteiger charge is 2.12. The number of benzene rings is 1. The normalized spacial score (nSPS) is 10.1. The molecule has 0 spiro atoms. The van der Waals surface area contributed by atoms with Crippen LogP contribution >= 0.6 is 15.9 Å². The van der Waals surface area contributed by atoms with Crippen LogP contribution in [0.1, 0.15) is 5.56 Å². The molecule has 0 bridgehead atoms. The lowest BCUT2D eigenvalue weighted by atomic mass is 10.1.